The molecule has 0 radical (unpaired) electrons. The molecular formula is C34H55N2O2+. The van der Waals surface area contributed by atoms with Crippen LogP contribution in [0.3, 0.4) is 0 Å². The maximum atomic E-state index is 12.9. The van der Waals surface area contributed by atoms with Gasteiger partial charge in [0.05, 0.1) is 5.56 Å². The lowest BCUT2D eigenvalue weighted by Gasteiger charge is -2.61. The van der Waals surface area contributed by atoms with Crippen molar-refractivity contribution in [3.05, 3.63) is 23.8 Å². The molecule has 4 fully saturated rings. The van der Waals surface area contributed by atoms with E-state index in [9.17, 15) is 4.79 Å². The second-order valence-electron chi connectivity index (χ2n) is 15.0. The van der Waals surface area contributed by atoms with Crippen LogP contribution in [0.25, 0.3) is 0 Å². The van der Waals surface area contributed by atoms with E-state index < -0.39 is 0 Å². The lowest BCUT2D eigenvalue weighted by atomic mass is 9.44. The first-order valence-electron chi connectivity index (χ1n) is 15.9. The molecule has 38 heavy (non-hydrogen) atoms. The Morgan fingerprint density at radius 2 is 1.71 bits per heavy atom. The van der Waals surface area contributed by atoms with Crippen molar-refractivity contribution < 1.29 is 15.3 Å². The molecule has 0 amide bonds. The Kier molecular flexibility index (Phi) is 7.95. The third-order valence-electron chi connectivity index (χ3n) is 12.3. The number of esters is 1. The van der Waals surface area contributed by atoms with Crippen molar-refractivity contribution in [2.24, 2.45) is 52.3 Å². The van der Waals surface area contributed by atoms with Gasteiger partial charge in [0.1, 0.15) is 11.8 Å². The minimum absolute atomic E-state index is 0.0308. The molecule has 0 aromatic heterocycles. The molecule has 1 aromatic rings. The van der Waals surface area contributed by atoms with Gasteiger partial charge in [-0.2, -0.15) is 0 Å². The van der Waals surface area contributed by atoms with E-state index in [0.29, 0.717) is 28.0 Å². The van der Waals surface area contributed by atoms with Gasteiger partial charge in [0.15, 0.2) is 0 Å². The first-order valence-corrected chi connectivity index (χ1v) is 15.9. The summed E-state index contributed by atoms with van der Waals surface area (Å²) < 4.78 is 6.07. The van der Waals surface area contributed by atoms with E-state index >= 15 is 0 Å². The van der Waals surface area contributed by atoms with Gasteiger partial charge in [0, 0.05) is 17.8 Å². The number of ether oxygens (including phenoxy) is 1. The van der Waals surface area contributed by atoms with Crippen molar-refractivity contribution in [1.29, 1.82) is 0 Å². The molecule has 0 heterocycles. The summed E-state index contributed by atoms with van der Waals surface area (Å²) in [6.07, 6.45) is 15.9. The Balaban J connectivity index is 1.22. The Morgan fingerprint density at radius 3 is 2.45 bits per heavy atom. The van der Waals surface area contributed by atoms with Crippen molar-refractivity contribution in [3.8, 4) is 0 Å². The third kappa shape index (κ3) is 5.16. The molecule has 4 heteroatoms. The average molecular weight is 524 g/mol. The number of hydrogen-bond acceptors (Lipinski definition) is 3. The van der Waals surface area contributed by atoms with Crippen molar-refractivity contribution >= 4 is 17.3 Å². The summed E-state index contributed by atoms with van der Waals surface area (Å²) in [5.41, 5.74) is 12.7. The predicted molar refractivity (Wildman–Crippen MR) is 156 cm³/mol. The quantitative estimate of drug-likeness (QED) is 0.283. The maximum absolute atomic E-state index is 12.9. The largest absolute Gasteiger partial charge is 0.459 e. The van der Waals surface area contributed by atoms with Gasteiger partial charge in [-0.05, 0) is 116 Å². The molecule has 9 atom stereocenters. The van der Waals surface area contributed by atoms with Crippen LogP contribution in [0.1, 0.15) is 122 Å². The molecule has 9 unspecified atom stereocenters. The van der Waals surface area contributed by atoms with E-state index in [-0.39, 0.29) is 12.1 Å². The van der Waals surface area contributed by atoms with Gasteiger partial charge >= 0.3 is 5.97 Å². The summed E-state index contributed by atoms with van der Waals surface area (Å²) in [6, 6.07) is 5.29. The van der Waals surface area contributed by atoms with Crippen molar-refractivity contribution in [1.82, 2.24) is 0 Å². The Hall–Kier alpha value is -1.55. The van der Waals surface area contributed by atoms with Crippen LogP contribution in [-0.2, 0) is 4.74 Å². The molecular weight excluding hydrogens is 468 g/mol. The third-order valence-corrected chi connectivity index (χ3v) is 12.3. The molecule has 1 aromatic carbocycles. The molecule has 4 saturated carbocycles. The molecule has 4 aliphatic carbocycles. The van der Waals surface area contributed by atoms with Crippen LogP contribution in [0.2, 0.25) is 0 Å². The zero-order valence-electron chi connectivity index (χ0n) is 24.9. The second-order valence-corrected chi connectivity index (χ2v) is 15.0. The minimum Gasteiger partial charge on any atom is -0.459 e. The highest BCUT2D eigenvalue weighted by atomic mass is 16.5. The molecule has 4 nitrogen and oxygen atoms in total. The Labute approximate surface area is 232 Å². The van der Waals surface area contributed by atoms with Crippen molar-refractivity contribution in [2.75, 3.05) is 5.73 Å². The monoisotopic (exact) mass is 523 g/mol. The molecule has 5 rings (SSSR count). The number of nitrogen functional groups attached to an aromatic ring is 1. The summed E-state index contributed by atoms with van der Waals surface area (Å²) in [5.74, 6) is 5.75. The van der Waals surface area contributed by atoms with Crippen LogP contribution in [0.15, 0.2) is 18.2 Å². The van der Waals surface area contributed by atoms with E-state index in [4.69, 9.17) is 10.5 Å². The maximum Gasteiger partial charge on any atom is 0.338 e. The van der Waals surface area contributed by atoms with Gasteiger partial charge in [0.2, 0.25) is 0 Å². The van der Waals surface area contributed by atoms with Crippen LogP contribution < -0.4 is 11.5 Å². The van der Waals surface area contributed by atoms with Crippen LogP contribution in [0.5, 0.6) is 0 Å². The highest BCUT2D eigenvalue weighted by Crippen LogP contribution is 2.68. The van der Waals surface area contributed by atoms with Crippen molar-refractivity contribution in [2.45, 2.75) is 118 Å². The number of rotatable bonds is 7. The van der Waals surface area contributed by atoms with Crippen molar-refractivity contribution in [3.63, 3.8) is 0 Å². The lowest BCUT2D eigenvalue weighted by molar-refractivity contribution is -0.254. The van der Waals surface area contributed by atoms with Gasteiger partial charge in [-0.15, -0.1) is 0 Å². The Bertz CT molecular complexity index is 986. The average Bonchev–Trinajstić information content (AvgIpc) is 3.20. The number of anilines is 1. The summed E-state index contributed by atoms with van der Waals surface area (Å²) in [5, 5.41) is 0. The summed E-state index contributed by atoms with van der Waals surface area (Å²) in [4.78, 5) is 12.9. The highest BCUT2D eigenvalue weighted by Gasteiger charge is 2.60. The van der Waals surface area contributed by atoms with Crippen LogP contribution in [0, 0.1) is 52.3 Å². The number of quaternary nitrogens is 1. The zero-order chi connectivity index (χ0) is 27.2. The van der Waals surface area contributed by atoms with Gasteiger partial charge < -0.3 is 16.2 Å². The SMILES string of the molecule is CC(C)CCCC(C)C1CCC2C3CCC4CC(OC(=O)c5cc(N)cc([NH3+])c5)CCC4(C)C3CCC12C. The molecule has 0 spiro atoms. The van der Waals surface area contributed by atoms with Gasteiger partial charge in [-0.1, -0.05) is 53.9 Å². The first kappa shape index (κ1) is 28.0. The number of carbonyl (C=O) groups is 1. The van der Waals surface area contributed by atoms with Crippen LogP contribution in [0.4, 0.5) is 11.4 Å². The summed E-state index contributed by atoms with van der Waals surface area (Å²) in [6.45, 7) is 12.6. The lowest BCUT2D eigenvalue weighted by Crippen LogP contribution is -2.54. The first-order chi connectivity index (χ1) is 18.0. The molecule has 0 aliphatic heterocycles. The predicted octanol–water partition coefficient (Wildman–Crippen LogP) is 7.79. The van der Waals surface area contributed by atoms with E-state index in [1.807, 2.05) is 0 Å². The van der Waals surface area contributed by atoms with E-state index in [0.717, 1.165) is 54.0 Å². The fraction of sp³-hybridized carbons (Fsp3) is 0.794. The van der Waals surface area contributed by atoms with Gasteiger partial charge in [0.25, 0.3) is 0 Å². The molecule has 4 aliphatic rings. The molecule has 0 bridgehead atoms. The number of nitrogens with two attached hydrogens (primary N) is 1. The summed E-state index contributed by atoms with van der Waals surface area (Å²) in [7, 11) is 0. The molecule has 212 valence electrons. The van der Waals surface area contributed by atoms with Crippen LogP contribution >= 0.6 is 0 Å². The standard InChI is InChI=1S/C34H54N2O2/c1-21(2)7-6-8-22(3)29-11-12-30-28-10-9-24-19-27(38-32(37)23-17-25(35)20-26(36)18-23)13-15-33(24,4)31(28)14-16-34(29,30)5/h17-18,20-22,24,27-31H,6-16,19,35-36H2,1-5H3/p+1. The second kappa shape index (κ2) is 10.8. The number of fused-ring (bicyclic) bond motifs is 5. The number of hydrogen-bond donors (Lipinski definition) is 2. The van der Waals surface area contributed by atoms with E-state index in [2.05, 4.69) is 40.4 Å². The summed E-state index contributed by atoms with van der Waals surface area (Å²) >= 11 is 0. The van der Waals surface area contributed by atoms with E-state index in [1.54, 1.807) is 18.2 Å². The zero-order valence-corrected chi connectivity index (χ0v) is 24.9. The van der Waals surface area contributed by atoms with Gasteiger partial charge in [-0.25, -0.2) is 4.79 Å². The fourth-order valence-corrected chi connectivity index (χ4v) is 10.4. The molecule has 5 N–H and O–H groups in total. The number of carbonyl (C=O) groups excluding carboxylic acids is 1. The fourth-order valence-electron chi connectivity index (χ4n) is 10.4. The highest BCUT2D eigenvalue weighted by molar-refractivity contribution is 5.91. The normalized spacial score (nSPS) is 39.2. The Morgan fingerprint density at radius 1 is 0.974 bits per heavy atom. The molecule has 0 saturated heterocycles. The topological polar surface area (TPSA) is 80.0 Å². The van der Waals surface area contributed by atoms with Crippen LogP contribution in [-0.4, -0.2) is 12.1 Å². The number of benzene rings is 1. The van der Waals surface area contributed by atoms with Gasteiger partial charge in [-0.3, -0.25) is 0 Å². The van der Waals surface area contributed by atoms with E-state index in [1.165, 1.54) is 64.2 Å². The smallest absolute Gasteiger partial charge is 0.338 e. The minimum atomic E-state index is -0.238.